The zero-order valence-corrected chi connectivity index (χ0v) is 11.1. The van der Waals surface area contributed by atoms with Gasteiger partial charge in [-0.2, -0.15) is 5.10 Å². The molecule has 3 rings (SSSR count). The zero-order chi connectivity index (χ0) is 13.1. The average molecular weight is 254 g/mol. The number of benzene rings is 1. The van der Waals surface area contributed by atoms with Crippen LogP contribution in [0.15, 0.2) is 41.7 Å². The van der Waals surface area contributed by atoms with Crippen molar-refractivity contribution in [2.75, 3.05) is 11.9 Å². The van der Waals surface area contributed by atoms with Crippen molar-refractivity contribution >= 4 is 11.5 Å². The largest absolute Gasteiger partial charge is 0.342 e. The van der Waals surface area contributed by atoms with Crippen molar-refractivity contribution in [3.63, 3.8) is 0 Å². The van der Waals surface area contributed by atoms with E-state index < -0.39 is 0 Å². The van der Waals surface area contributed by atoms with Gasteiger partial charge in [0, 0.05) is 19.2 Å². The highest BCUT2D eigenvalue weighted by molar-refractivity contribution is 5.96. The van der Waals surface area contributed by atoms with Gasteiger partial charge >= 0.3 is 0 Å². The average Bonchev–Trinajstić information content (AvgIpc) is 3.05. The molecule has 0 saturated heterocycles. The maximum atomic E-state index is 4.40. The van der Waals surface area contributed by atoms with Gasteiger partial charge < -0.3 is 5.32 Å². The van der Waals surface area contributed by atoms with Crippen molar-refractivity contribution in [2.45, 2.75) is 26.3 Å². The van der Waals surface area contributed by atoms with Crippen LogP contribution in [0.4, 0.5) is 5.69 Å². The Morgan fingerprint density at radius 2 is 2.11 bits per heavy atom. The number of nitrogens with one attached hydrogen (secondary N) is 1. The first-order valence-electron chi connectivity index (χ1n) is 6.68. The smallest absolute Gasteiger partial charge is 0.101 e. The van der Waals surface area contributed by atoms with E-state index in [0.29, 0.717) is 0 Å². The third-order valence-corrected chi connectivity index (χ3v) is 3.26. The monoisotopic (exact) mass is 254 g/mol. The quantitative estimate of drug-likeness (QED) is 0.915. The molecule has 0 unspecified atom stereocenters. The molecule has 2 heterocycles. The Morgan fingerprint density at radius 1 is 1.26 bits per heavy atom. The highest BCUT2D eigenvalue weighted by Crippen LogP contribution is 2.12. The first-order valence-corrected chi connectivity index (χ1v) is 6.68. The molecule has 1 aliphatic rings. The van der Waals surface area contributed by atoms with E-state index in [1.165, 1.54) is 11.1 Å². The SMILES string of the molecule is Cc1ccc(Cn2cc(NC3=NCCC3)cn2)cc1. The maximum absolute atomic E-state index is 4.40. The third-order valence-electron chi connectivity index (χ3n) is 3.26. The van der Waals surface area contributed by atoms with Crippen LogP contribution in [-0.2, 0) is 6.54 Å². The van der Waals surface area contributed by atoms with Gasteiger partial charge in [0.15, 0.2) is 0 Å². The Balaban J connectivity index is 1.65. The Kier molecular flexibility index (Phi) is 3.31. The summed E-state index contributed by atoms with van der Waals surface area (Å²) < 4.78 is 1.95. The lowest BCUT2D eigenvalue weighted by Crippen LogP contribution is -2.07. The van der Waals surface area contributed by atoms with Gasteiger partial charge in [0.05, 0.1) is 18.4 Å². The molecule has 0 radical (unpaired) electrons. The fourth-order valence-corrected chi connectivity index (χ4v) is 2.20. The van der Waals surface area contributed by atoms with Crippen molar-refractivity contribution in [3.8, 4) is 0 Å². The molecule has 0 amide bonds. The highest BCUT2D eigenvalue weighted by Gasteiger charge is 2.07. The number of hydrogen-bond acceptors (Lipinski definition) is 3. The van der Waals surface area contributed by atoms with E-state index in [1.807, 2.05) is 17.1 Å². The van der Waals surface area contributed by atoms with Crippen LogP contribution in [-0.4, -0.2) is 22.2 Å². The fraction of sp³-hybridized carbons (Fsp3) is 0.333. The van der Waals surface area contributed by atoms with Crippen LogP contribution in [0.5, 0.6) is 0 Å². The normalized spacial score (nSPS) is 14.5. The minimum atomic E-state index is 0.800. The highest BCUT2D eigenvalue weighted by atomic mass is 15.3. The van der Waals surface area contributed by atoms with Crippen molar-refractivity contribution in [1.82, 2.24) is 9.78 Å². The van der Waals surface area contributed by atoms with Gasteiger partial charge in [-0.05, 0) is 18.9 Å². The fourth-order valence-electron chi connectivity index (χ4n) is 2.20. The number of anilines is 1. The Hall–Kier alpha value is -2.10. The van der Waals surface area contributed by atoms with Gasteiger partial charge in [0.1, 0.15) is 5.84 Å². The van der Waals surface area contributed by atoms with Crippen molar-refractivity contribution < 1.29 is 0 Å². The van der Waals surface area contributed by atoms with Gasteiger partial charge in [-0.1, -0.05) is 29.8 Å². The molecule has 0 saturated carbocycles. The Morgan fingerprint density at radius 3 is 2.84 bits per heavy atom. The molecule has 4 nitrogen and oxygen atoms in total. The van der Waals surface area contributed by atoms with Crippen LogP contribution in [0.2, 0.25) is 0 Å². The third kappa shape index (κ3) is 3.02. The minimum absolute atomic E-state index is 0.800. The number of aliphatic imine (C=N–C) groups is 1. The summed E-state index contributed by atoms with van der Waals surface area (Å²) in [5.41, 5.74) is 3.57. The second-order valence-electron chi connectivity index (χ2n) is 4.97. The lowest BCUT2D eigenvalue weighted by molar-refractivity contribution is 0.687. The maximum Gasteiger partial charge on any atom is 0.101 e. The molecular weight excluding hydrogens is 236 g/mol. The van der Waals surface area contributed by atoms with Crippen LogP contribution in [0, 0.1) is 6.92 Å². The lowest BCUT2D eigenvalue weighted by atomic mass is 10.1. The van der Waals surface area contributed by atoms with Gasteiger partial charge in [0.25, 0.3) is 0 Å². The summed E-state index contributed by atoms with van der Waals surface area (Å²) in [5.74, 6) is 1.08. The summed E-state index contributed by atoms with van der Waals surface area (Å²) in [6.45, 7) is 3.84. The Labute approximate surface area is 113 Å². The second kappa shape index (κ2) is 5.26. The molecular formula is C15H18N4. The Bertz CT molecular complexity index is 580. The van der Waals surface area contributed by atoms with Gasteiger partial charge in [-0.3, -0.25) is 9.67 Å². The van der Waals surface area contributed by atoms with E-state index in [-0.39, 0.29) is 0 Å². The standard InChI is InChI=1S/C15H18N4/c1-12-4-6-13(7-5-12)10-19-11-14(9-17-19)18-15-3-2-8-16-15/h4-7,9,11H,2-3,8,10H2,1H3,(H,16,18). The predicted octanol–water partition coefficient (Wildman–Crippen LogP) is 2.84. The first kappa shape index (κ1) is 12.0. The van der Waals surface area contributed by atoms with Crippen LogP contribution >= 0.6 is 0 Å². The van der Waals surface area contributed by atoms with E-state index in [1.54, 1.807) is 0 Å². The van der Waals surface area contributed by atoms with Crippen LogP contribution in [0.1, 0.15) is 24.0 Å². The summed E-state index contributed by atoms with van der Waals surface area (Å²) in [6.07, 6.45) is 6.08. The molecule has 4 heteroatoms. The summed E-state index contributed by atoms with van der Waals surface area (Å²) >= 11 is 0. The molecule has 0 atom stereocenters. The predicted molar refractivity (Wildman–Crippen MR) is 77.7 cm³/mol. The number of hydrogen-bond donors (Lipinski definition) is 1. The van der Waals surface area contributed by atoms with Crippen LogP contribution in [0.25, 0.3) is 0 Å². The lowest BCUT2D eigenvalue weighted by Gasteiger charge is -2.03. The summed E-state index contributed by atoms with van der Waals surface area (Å²) in [7, 11) is 0. The molecule has 1 aromatic heterocycles. The number of amidine groups is 1. The van der Waals surface area contributed by atoms with E-state index in [4.69, 9.17) is 0 Å². The van der Waals surface area contributed by atoms with Gasteiger partial charge in [-0.25, -0.2) is 0 Å². The first-order chi connectivity index (χ1) is 9.29. The van der Waals surface area contributed by atoms with E-state index in [0.717, 1.165) is 37.5 Å². The van der Waals surface area contributed by atoms with E-state index >= 15 is 0 Å². The number of rotatable bonds is 3. The molecule has 1 aliphatic heterocycles. The van der Waals surface area contributed by atoms with E-state index in [2.05, 4.69) is 46.6 Å². The van der Waals surface area contributed by atoms with Gasteiger partial charge in [0.2, 0.25) is 0 Å². The molecule has 98 valence electrons. The number of nitrogens with zero attached hydrogens (tertiary/aromatic N) is 3. The number of aryl methyl sites for hydroxylation is 1. The van der Waals surface area contributed by atoms with Gasteiger partial charge in [-0.15, -0.1) is 0 Å². The van der Waals surface area contributed by atoms with E-state index in [9.17, 15) is 0 Å². The minimum Gasteiger partial charge on any atom is -0.342 e. The number of aromatic nitrogens is 2. The summed E-state index contributed by atoms with van der Waals surface area (Å²) in [4.78, 5) is 4.40. The van der Waals surface area contributed by atoms with Crippen molar-refractivity contribution in [2.24, 2.45) is 4.99 Å². The summed E-state index contributed by atoms with van der Waals surface area (Å²) in [6, 6.07) is 8.55. The summed E-state index contributed by atoms with van der Waals surface area (Å²) in [5, 5.41) is 7.70. The van der Waals surface area contributed by atoms with Crippen LogP contribution < -0.4 is 5.32 Å². The molecule has 0 bridgehead atoms. The molecule has 2 aromatic rings. The molecule has 0 aliphatic carbocycles. The van der Waals surface area contributed by atoms with Crippen molar-refractivity contribution in [3.05, 3.63) is 47.8 Å². The second-order valence-corrected chi connectivity index (χ2v) is 4.97. The molecule has 0 spiro atoms. The molecule has 0 fully saturated rings. The van der Waals surface area contributed by atoms with Crippen LogP contribution in [0.3, 0.4) is 0 Å². The van der Waals surface area contributed by atoms with Crippen molar-refractivity contribution in [1.29, 1.82) is 0 Å². The molecule has 1 N–H and O–H groups in total. The zero-order valence-electron chi connectivity index (χ0n) is 11.1. The topological polar surface area (TPSA) is 42.2 Å². The molecule has 1 aromatic carbocycles. The molecule has 19 heavy (non-hydrogen) atoms.